The van der Waals surface area contributed by atoms with Crippen LogP contribution in [-0.2, 0) is 49.7 Å². The molecule has 0 saturated carbocycles. The molecule has 2 aromatic rings. The lowest BCUT2D eigenvalue weighted by molar-refractivity contribution is -0.199. The molecule has 3 heterocycles. The Kier molecular flexibility index (Phi) is 12.7. The Bertz CT molecular complexity index is 1850. The molecule has 14 heteroatoms. The Morgan fingerprint density at radius 3 is 2.25 bits per heavy atom. The summed E-state index contributed by atoms with van der Waals surface area (Å²) in [6, 6.07) is 12.9. The van der Waals surface area contributed by atoms with Crippen molar-refractivity contribution >= 4 is 52.9 Å². The number of ketones is 1. The largest absolute Gasteiger partial charge is 0.355 e. The monoisotopic (exact) mass is 725 g/mol. The minimum absolute atomic E-state index is 0.0546. The van der Waals surface area contributed by atoms with E-state index in [1.807, 2.05) is 62.4 Å². The molecule has 2 N–H and O–H groups in total. The van der Waals surface area contributed by atoms with Gasteiger partial charge in [-0.1, -0.05) is 56.0 Å². The summed E-state index contributed by atoms with van der Waals surface area (Å²) in [5, 5.41) is 5.59. The number of anilines is 1. The molecule has 2 saturated heterocycles. The number of hydrogen-bond donors (Lipinski definition) is 2. The third kappa shape index (κ3) is 9.94. The molecule has 5 rings (SSSR count). The molecule has 278 valence electrons. The van der Waals surface area contributed by atoms with Gasteiger partial charge in [-0.25, -0.2) is 4.79 Å². The second kappa shape index (κ2) is 17.6. The van der Waals surface area contributed by atoms with Crippen LogP contribution in [0.1, 0.15) is 88.3 Å². The van der Waals surface area contributed by atoms with Crippen LogP contribution in [0.2, 0.25) is 0 Å². The van der Waals surface area contributed by atoms with Gasteiger partial charge < -0.3 is 25.3 Å². The van der Waals surface area contributed by atoms with Crippen molar-refractivity contribution in [1.82, 2.24) is 20.6 Å². The van der Waals surface area contributed by atoms with Crippen molar-refractivity contribution in [2.75, 3.05) is 18.0 Å². The van der Waals surface area contributed by atoms with Crippen molar-refractivity contribution in [3.63, 3.8) is 0 Å². The van der Waals surface area contributed by atoms with Gasteiger partial charge in [0.15, 0.2) is 5.78 Å². The van der Waals surface area contributed by atoms with Crippen LogP contribution >= 0.6 is 0 Å². The normalized spacial score (nSPS) is 16.8. The van der Waals surface area contributed by atoms with E-state index in [4.69, 9.17) is 4.84 Å². The van der Waals surface area contributed by atoms with Crippen LogP contribution in [0.15, 0.2) is 48.5 Å². The maximum absolute atomic E-state index is 13.4. The zero-order valence-corrected chi connectivity index (χ0v) is 29.9. The first-order valence-corrected chi connectivity index (χ1v) is 17.9. The van der Waals surface area contributed by atoms with Crippen molar-refractivity contribution < 1.29 is 43.2 Å². The molecule has 0 spiro atoms. The van der Waals surface area contributed by atoms with Gasteiger partial charge in [-0.2, -0.15) is 0 Å². The number of nitrogens with one attached hydrogen (secondary N) is 2. The van der Waals surface area contributed by atoms with Gasteiger partial charge in [0.05, 0.1) is 18.8 Å². The van der Waals surface area contributed by atoms with Crippen LogP contribution < -0.4 is 15.5 Å². The predicted octanol–water partition coefficient (Wildman–Crippen LogP) is 2.31. The number of hydrogen-bond acceptors (Lipinski definition) is 9. The zero-order valence-electron chi connectivity index (χ0n) is 29.9. The Morgan fingerprint density at radius 2 is 1.51 bits per heavy atom. The van der Waals surface area contributed by atoms with E-state index in [-0.39, 0.29) is 69.9 Å². The number of carbonyl (C=O) groups is 8. The highest BCUT2D eigenvalue weighted by molar-refractivity contribution is 6.02. The number of Topliss-reactive ketones (excluding diaryl/α,β-unsaturated/α-hetero) is 1. The highest BCUT2D eigenvalue weighted by Crippen LogP contribution is 2.26. The first-order chi connectivity index (χ1) is 25.4. The number of amides is 6. The molecule has 53 heavy (non-hydrogen) atoms. The first-order valence-electron chi connectivity index (χ1n) is 17.9. The highest BCUT2D eigenvalue weighted by atomic mass is 16.7. The fourth-order valence-electron chi connectivity index (χ4n) is 6.43. The van der Waals surface area contributed by atoms with E-state index in [0.717, 1.165) is 11.1 Å². The SMILES string of the molecule is CC(C)C[C@H](NC(=O)[C@@H]1CCCN1C(=O)CCC(=O)CNC(=O)CCC(=O)N1Cc2ccccc2C#Cc2ccccc21)C(=O)ON1C(=O)CCC1=O. The van der Waals surface area contributed by atoms with E-state index in [2.05, 4.69) is 22.5 Å². The Balaban J connectivity index is 1.07. The van der Waals surface area contributed by atoms with Gasteiger partial charge in [0.1, 0.15) is 12.1 Å². The lowest BCUT2D eigenvalue weighted by Gasteiger charge is -2.27. The Morgan fingerprint density at radius 1 is 0.849 bits per heavy atom. The third-order valence-electron chi connectivity index (χ3n) is 9.21. The van der Waals surface area contributed by atoms with Crippen molar-refractivity contribution in [2.45, 2.75) is 90.3 Å². The topological polar surface area (TPSA) is 180 Å². The van der Waals surface area contributed by atoms with Crippen molar-refractivity contribution in [3.8, 4) is 11.8 Å². The van der Waals surface area contributed by atoms with Crippen LogP contribution in [0.5, 0.6) is 0 Å². The van der Waals surface area contributed by atoms with Crippen molar-refractivity contribution in [2.24, 2.45) is 5.92 Å². The molecule has 0 unspecified atom stereocenters. The molecular weight excluding hydrogens is 682 g/mol. The number of fused-ring (bicyclic) bond motifs is 2. The van der Waals surface area contributed by atoms with Crippen molar-refractivity contribution in [3.05, 3.63) is 65.2 Å². The van der Waals surface area contributed by atoms with Gasteiger partial charge in [0.25, 0.3) is 11.8 Å². The lowest BCUT2D eigenvalue weighted by atomic mass is 10.0. The molecular formula is C39H43N5O9. The maximum Gasteiger partial charge on any atom is 0.355 e. The second-order valence-electron chi connectivity index (χ2n) is 13.6. The van der Waals surface area contributed by atoms with Gasteiger partial charge in [0.2, 0.25) is 23.6 Å². The smallest absolute Gasteiger partial charge is 0.349 e. The zero-order chi connectivity index (χ0) is 38.1. The van der Waals surface area contributed by atoms with Gasteiger partial charge in [-0.05, 0) is 48.9 Å². The molecule has 2 fully saturated rings. The van der Waals surface area contributed by atoms with E-state index >= 15 is 0 Å². The molecule has 0 aliphatic carbocycles. The minimum atomic E-state index is -1.16. The molecule has 6 amide bonds. The van der Waals surface area contributed by atoms with Crippen LogP contribution in [0.25, 0.3) is 0 Å². The van der Waals surface area contributed by atoms with Gasteiger partial charge >= 0.3 is 5.97 Å². The molecule has 0 bridgehead atoms. The average molecular weight is 726 g/mol. The minimum Gasteiger partial charge on any atom is -0.349 e. The summed E-state index contributed by atoms with van der Waals surface area (Å²) in [4.78, 5) is 110. The molecule has 3 aliphatic rings. The summed E-state index contributed by atoms with van der Waals surface area (Å²) in [7, 11) is 0. The number of hydroxylamine groups is 2. The van der Waals surface area contributed by atoms with E-state index in [1.54, 1.807) is 4.90 Å². The van der Waals surface area contributed by atoms with Crippen LogP contribution in [-0.4, -0.2) is 82.3 Å². The van der Waals surface area contributed by atoms with E-state index in [9.17, 15) is 38.4 Å². The summed E-state index contributed by atoms with van der Waals surface area (Å²) >= 11 is 0. The number of likely N-dealkylation sites (tertiary alicyclic amines) is 1. The molecule has 2 aromatic carbocycles. The lowest BCUT2D eigenvalue weighted by Crippen LogP contribution is -2.52. The quantitative estimate of drug-likeness (QED) is 0.218. The van der Waals surface area contributed by atoms with E-state index < -0.39 is 53.4 Å². The van der Waals surface area contributed by atoms with E-state index in [1.165, 1.54) is 4.90 Å². The summed E-state index contributed by atoms with van der Waals surface area (Å²) in [5.41, 5.74) is 3.07. The number of nitrogens with zero attached hydrogens (tertiary/aromatic N) is 3. The number of benzene rings is 2. The summed E-state index contributed by atoms with van der Waals surface area (Å²) in [6.45, 7) is 3.92. The standard InChI is InChI=1S/C39H43N5O9/c1-25(2)22-30(39(52)53-44-36(49)19-20-37(44)50)41-38(51)32-12-7-21-42(32)34(47)17-15-29(45)23-40-33(46)16-18-35(48)43-24-28-10-4-3-8-26(28)13-14-27-9-5-6-11-31(27)43/h3-6,8-11,25,30,32H,7,12,15-24H2,1-2H3,(H,40,46)(H,41,51)/t30-,32-/m0/s1. The van der Waals surface area contributed by atoms with Gasteiger partial charge in [-0.15, -0.1) is 5.06 Å². The molecule has 0 radical (unpaired) electrons. The molecule has 0 aromatic heterocycles. The number of imide groups is 1. The number of para-hydroxylation sites is 1. The number of rotatable bonds is 14. The predicted molar refractivity (Wildman–Crippen MR) is 190 cm³/mol. The van der Waals surface area contributed by atoms with Gasteiger partial charge in [-0.3, -0.25) is 33.6 Å². The van der Waals surface area contributed by atoms with E-state index in [0.29, 0.717) is 35.7 Å². The first kappa shape index (κ1) is 38.4. The van der Waals surface area contributed by atoms with Crippen LogP contribution in [0, 0.1) is 17.8 Å². The van der Waals surface area contributed by atoms with Crippen molar-refractivity contribution in [1.29, 1.82) is 0 Å². The maximum atomic E-state index is 13.4. The fourth-order valence-corrected chi connectivity index (χ4v) is 6.43. The summed E-state index contributed by atoms with van der Waals surface area (Å²) in [5.74, 6) is 1.87. The summed E-state index contributed by atoms with van der Waals surface area (Å²) < 4.78 is 0. The molecule has 14 nitrogen and oxygen atoms in total. The Labute approximate surface area is 307 Å². The Hall–Kier alpha value is -5.84. The second-order valence-corrected chi connectivity index (χ2v) is 13.6. The average Bonchev–Trinajstić information content (AvgIpc) is 3.75. The molecule has 2 atom stereocenters. The third-order valence-corrected chi connectivity index (χ3v) is 9.21. The summed E-state index contributed by atoms with van der Waals surface area (Å²) in [6.07, 6.45) is 0.323. The number of carbonyl (C=O) groups excluding carboxylic acids is 8. The van der Waals surface area contributed by atoms with Crippen LogP contribution in [0.3, 0.4) is 0 Å². The van der Waals surface area contributed by atoms with Gasteiger partial charge in [0, 0.05) is 56.2 Å². The van der Waals surface area contributed by atoms with Crippen LogP contribution in [0.4, 0.5) is 5.69 Å². The highest BCUT2D eigenvalue weighted by Gasteiger charge is 2.39. The molecule has 3 aliphatic heterocycles. The fraction of sp³-hybridized carbons (Fsp3) is 0.436.